The lowest BCUT2D eigenvalue weighted by molar-refractivity contribution is -0.135. The van der Waals surface area contributed by atoms with E-state index in [1.807, 2.05) is 0 Å². The standard InChI is InChI=1S/C15H19ClN2O5S/c1-2-18(11-5-6-24(21,22)9-11)14(19)8-23-13-4-3-10(16)7-12(13)15(17)20/h3-4,7,11H,2,5-6,8-9H2,1H3,(H2,17,20)/t11-/m1/s1. The van der Waals surface area contributed by atoms with Crippen molar-refractivity contribution >= 4 is 33.3 Å². The van der Waals surface area contributed by atoms with Crippen molar-refractivity contribution in [2.45, 2.75) is 19.4 Å². The first-order valence-electron chi connectivity index (χ1n) is 7.45. The van der Waals surface area contributed by atoms with Crippen molar-refractivity contribution in [1.82, 2.24) is 4.90 Å². The Morgan fingerprint density at radius 3 is 2.67 bits per heavy atom. The molecule has 1 aromatic carbocycles. The van der Waals surface area contributed by atoms with E-state index in [-0.39, 0.29) is 41.4 Å². The van der Waals surface area contributed by atoms with Crippen LogP contribution in [0.5, 0.6) is 5.75 Å². The van der Waals surface area contributed by atoms with E-state index in [9.17, 15) is 18.0 Å². The third kappa shape index (κ3) is 4.39. The van der Waals surface area contributed by atoms with Gasteiger partial charge in [-0.25, -0.2) is 8.42 Å². The fourth-order valence-corrected chi connectivity index (χ4v) is 4.61. The Morgan fingerprint density at radius 2 is 2.12 bits per heavy atom. The van der Waals surface area contributed by atoms with E-state index in [0.29, 0.717) is 18.0 Å². The molecule has 2 N–H and O–H groups in total. The van der Waals surface area contributed by atoms with Gasteiger partial charge < -0.3 is 15.4 Å². The van der Waals surface area contributed by atoms with Crippen LogP contribution in [0.25, 0.3) is 0 Å². The summed E-state index contributed by atoms with van der Waals surface area (Å²) < 4.78 is 28.6. The molecule has 2 rings (SSSR count). The Balaban J connectivity index is 2.06. The average Bonchev–Trinajstić information content (AvgIpc) is 2.86. The van der Waals surface area contributed by atoms with Gasteiger partial charge in [-0.2, -0.15) is 0 Å². The number of carbonyl (C=O) groups excluding carboxylic acids is 2. The predicted molar refractivity (Wildman–Crippen MR) is 89.9 cm³/mol. The monoisotopic (exact) mass is 374 g/mol. The highest BCUT2D eigenvalue weighted by molar-refractivity contribution is 7.91. The summed E-state index contributed by atoms with van der Waals surface area (Å²) in [5, 5.41) is 0.328. The van der Waals surface area contributed by atoms with Gasteiger partial charge in [0.05, 0.1) is 17.1 Å². The number of carbonyl (C=O) groups is 2. The second-order valence-electron chi connectivity index (χ2n) is 5.53. The third-order valence-electron chi connectivity index (χ3n) is 3.87. The van der Waals surface area contributed by atoms with E-state index in [0.717, 1.165) is 0 Å². The predicted octanol–water partition coefficient (Wildman–Crippen LogP) is 0.853. The zero-order chi connectivity index (χ0) is 17.9. The maximum absolute atomic E-state index is 12.4. The van der Waals surface area contributed by atoms with E-state index in [2.05, 4.69) is 0 Å². The van der Waals surface area contributed by atoms with Crippen LogP contribution < -0.4 is 10.5 Å². The number of nitrogens with zero attached hydrogens (tertiary/aromatic N) is 1. The SMILES string of the molecule is CCN(C(=O)COc1ccc(Cl)cc1C(N)=O)[C@@H]1CCS(=O)(=O)C1. The van der Waals surface area contributed by atoms with Crippen LogP contribution in [-0.2, 0) is 14.6 Å². The molecule has 1 saturated heterocycles. The number of benzene rings is 1. The molecule has 2 amide bonds. The second-order valence-corrected chi connectivity index (χ2v) is 8.20. The summed E-state index contributed by atoms with van der Waals surface area (Å²) in [6, 6.07) is 4.02. The Hall–Kier alpha value is -1.80. The van der Waals surface area contributed by atoms with Gasteiger partial charge in [-0.3, -0.25) is 9.59 Å². The van der Waals surface area contributed by atoms with Crippen LogP contribution in [-0.4, -0.2) is 55.8 Å². The number of rotatable bonds is 6. The number of halogens is 1. The first-order valence-corrected chi connectivity index (χ1v) is 9.65. The molecule has 7 nitrogen and oxygen atoms in total. The molecule has 24 heavy (non-hydrogen) atoms. The molecule has 0 radical (unpaired) electrons. The number of likely N-dealkylation sites (N-methyl/N-ethyl adjacent to an activating group) is 1. The highest BCUT2D eigenvalue weighted by Gasteiger charge is 2.34. The summed E-state index contributed by atoms with van der Waals surface area (Å²) in [5.41, 5.74) is 5.35. The summed E-state index contributed by atoms with van der Waals surface area (Å²) in [7, 11) is -3.08. The van der Waals surface area contributed by atoms with Crippen molar-refractivity contribution in [3.8, 4) is 5.75 Å². The van der Waals surface area contributed by atoms with Gasteiger partial charge in [0.25, 0.3) is 11.8 Å². The molecule has 1 aromatic rings. The quantitative estimate of drug-likeness (QED) is 0.794. The third-order valence-corrected chi connectivity index (χ3v) is 5.85. The molecule has 0 spiro atoms. The minimum atomic E-state index is -3.08. The lowest BCUT2D eigenvalue weighted by Gasteiger charge is -2.26. The first-order chi connectivity index (χ1) is 11.2. The molecular formula is C15H19ClN2O5S. The van der Waals surface area contributed by atoms with Crippen molar-refractivity contribution in [3.63, 3.8) is 0 Å². The molecule has 1 heterocycles. The highest BCUT2D eigenvalue weighted by atomic mass is 35.5. The minimum Gasteiger partial charge on any atom is -0.483 e. The summed E-state index contributed by atoms with van der Waals surface area (Å²) in [6.45, 7) is 1.85. The maximum atomic E-state index is 12.4. The summed E-state index contributed by atoms with van der Waals surface area (Å²) in [4.78, 5) is 25.3. The average molecular weight is 375 g/mol. The van der Waals surface area contributed by atoms with Gasteiger partial charge in [0, 0.05) is 17.6 Å². The van der Waals surface area contributed by atoms with Gasteiger partial charge in [0.15, 0.2) is 16.4 Å². The van der Waals surface area contributed by atoms with Crippen LogP contribution in [0, 0.1) is 0 Å². The topological polar surface area (TPSA) is 107 Å². The zero-order valence-electron chi connectivity index (χ0n) is 13.2. The van der Waals surface area contributed by atoms with E-state index in [4.69, 9.17) is 22.1 Å². The molecule has 0 aliphatic carbocycles. The molecule has 0 aromatic heterocycles. The van der Waals surface area contributed by atoms with Crippen LogP contribution in [0.3, 0.4) is 0 Å². The molecule has 0 saturated carbocycles. The van der Waals surface area contributed by atoms with Crippen molar-refractivity contribution < 1.29 is 22.7 Å². The van der Waals surface area contributed by atoms with Gasteiger partial charge in [0.1, 0.15) is 5.75 Å². The Labute approximate surface area is 145 Å². The van der Waals surface area contributed by atoms with E-state index in [1.54, 1.807) is 6.92 Å². The van der Waals surface area contributed by atoms with Crippen LogP contribution in [0.15, 0.2) is 18.2 Å². The summed E-state index contributed by atoms with van der Waals surface area (Å²) in [6.07, 6.45) is 0.426. The Bertz CT molecular complexity index is 750. The molecule has 9 heteroatoms. The van der Waals surface area contributed by atoms with E-state index < -0.39 is 15.7 Å². The van der Waals surface area contributed by atoms with Crippen molar-refractivity contribution in [2.24, 2.45) is 5.73 Å². The van der Waals surface area contributed by atoms with Gasteiger partial charge >= 0.3 is 0 Å². The van der Waals surface area contributed by atoms with Crippen LogP contribution >= 0.6 is 11.6 Å². The molecular weight excluding hydrogens is 356 g/mol. The fourth-order valence-electron chi connectivity index (χ4n) is 2.70. The largest absolute Gasteiger partial charge is 0.483 e. The fraction of sp³-hybridized carbons (Fsp3) is 0.467. The highest BCUT2D eigenvalue weighted by Crippen LogP contribution is 2.23. The molecule has 0 bridgehead atoms. The Kier molecular flexibility index (Phi) is 5.71. The number of amides is 2. The van der Waals surface area contributed by atoms with Crippen molar-refractivity contribution in [1.29, 1.82) is 0 Å². The summed E-state index contributed by atoms with van der Waals surface area (Å²) >= 11 is 5.81. The normalized spacial score (nSPS) is 19.0. The number of nitrogens with two attached hydrogens (primary N) is 1. The van der Waals surface area contributed by atoms with Gasteiger partial charge in [-0.1, -0.05) is 11.6 Å². The maximum Gasteiger partial charge on any atom is 0.260 e. The Morgan fingerprint density at radius 1 is 1.42 bits per heavy atom. The lowest BCUT2D eigenvalue weighted by atomic mass is 10.2. The molecule has 1 aliphatic heterocycles. The first kappa shape index (κ1) is 18.5. The van der Waals surface area contributed by atoms with Crippen LogP contribution in [0.1, 0.15) is 23.7 Å². The molecule has 0 unspecified atom stereocenters. The van der Waals surface area contributed by atoms with E-state index >= 15 is 0 Å². The molecule has 1 aliphatic rings. The van der Waals surface area contributed by atoms with Crippen molar-refractivity contribution in [3.05, 3.63) is 28.8 Å². The summed E-state index contributed by atoms with van der Waals surface area (Å²) in [5.74, 6) is -0.833. The molecule has 132 valence electrons. The molecule has 1 fully saturated rings. The van der Waals surface area contributed by atoms with Gasteiger partial charge in [0.2, 0.25) is 0 Å². The minimum absolute atomic E-state index is 0.0277. The van der Waals surface area contributed by atoms with Gasteiger partial charge in [-0.15, -0.1) is 0 Å². The number of hydrogen-bond donors (Lipinski definition) is 1. The molecule has 1 atom stereocenters. The zero-order valence-corrected chi connectivity index (χ0v) is 14.8. The second kappa shape index (κ2) is 7.40. The number of hydrogen-bond acceptors (Lipinski definition) is 5. The smallest absolute Gasteiger partial charge is 0.260 e. The van der Waals surface area contributed by atoms with Crippen LogP contribution in [0.2, 0.25) is 5.02 Å². The van der Waals surface area contributed by atoms with E-state index in [1.165, 1.54) is 23.1 Å². The number of ether oxygens (including phenoxy) is 1. The van der Waals surface area contributed by atoms with Gasteiger partial charge in [-0.05, 0) is 31.5 Å². The number of primary amides is 1. The lowest BCUT2D eigenvalue weighted by Crippen LogP contribution is -2.43. The van der Waals surface area contributed by atoms with Crippen LogP contribution in [0.4, 0.5) is 0 Å². The number of sulfone groups is 1. The van der Waals surface area contributed by atoms with Crippen molar-refractivity contribution in [2.75, 3.05) is 24.7 Å².